The first-order valence-corrected chi connectivity index (χ1v) is 42.8. The Labute approximate surface area is 619 Å². The fraction of sp³-hybridized carbons (Fsp3) is 0.711. The monoisotopic (exact) mass is 1470 g/mol. The Hall–Kier alpha value is -4.54. The molecule has 586 valence electrons. The number of unbranched alkanes of at least 4 members (excludes halogenated alkanes) is 28. The van der Waals surface area contributed by atoms with Crippen molar-refractivity contribution < 1.29 is 80.2 Å². The summed E-state index contributed by atoms with van der Waals surface area (Å²) < 4.78 is 68.5. The van der Waals surface area contributed by atoms with Gasteiger partial charge in [0.25, 0.3) is 0 Å². The highest BCUT2D eigenvalue weighted by Gasteiger charge is 2.30. The van der Waals surface area contributed by atoms with E-state index in [2.05, 4.69) is 149 Å². The fourth-order valence-electron chi connectivity index (χ4n) is 10.4. The van der Waals surface area contributed by atoms with Gasteiger partial charge in [0.05, 0.1) is 26.4 Å². The number of hydrogen-bond donors (Lipinski definition) is 3. The van der Waals surface area contributed by atoms with E-state index in [-0.39, 0.29) is 25.7 Å². The predicted octanol–water partition coefficient (Wildman–Crippen LogP) is 23.1. The highest BCUT2D eigenvalue weighted by Crippen LogP contribution is 2.45. The van der Waals surface area contributed by atoms with Crippen molar-refractivity contribution >= 4 is 39.5 Å². The van der Waals surface area contributed by atoms with Crippen LogP contribution < -0.4 is 0 Å². The second-order valence-corrected chi connectivity index (χ2v) is 29.2. The van der Waals surface area contributed by atoms with Crippen molar-refractivity contribution in [2.75, 3.05) is 39.6 Å². The van der Waals surface area contributed by atoms with Gasteiger partial charge in [0.2, 0.25) is 0 Å². The first kappa shape index (κ1) is 97.5. The summed E-state index contributed by atoms with van der Waals surface area (Å²) in [6, 6.07) is 0. The number of carbonyl (C=O) groups excluding carboxylic acids is 4. The zero-order valence-corrected chi connectivity index (χ0v) is 65.8. The van der Waals surface area contributed by atoms with Crippen LogP contribution in [-0.2, 0) is 65.4 Å². The summed E-state index contributed by atoms with van der Waals surface area (Å²) in [5.74, 6) is -2.25. The molecule has 0 saturated heterocycles. The van der Waals surface area contributed by atoms with Crippen LogP contribution in [0.4, 0.5) is 0 Å². The maximum atomic E-state index is 13.1. The Balaban J connectivity index is 5.42. The van der Waals surface area contributed by atoms with Gasteiger partial charge in [-0.25, -0.2) is 9.13 Å². The molecule has 0 rings (SSSR count). The molecule has 0 aliphatic rings. The number of phosphoric ester groups is 2. The Morgan fingerprint density at radius 3 is 0.824 bits per heavy atom. The first-order valence-electron chi connectivity index (χ1n) is 39.8. The van der Waals surface area contributed by atoms with Crippen LogP contribution in [0.5, 0.6) is 0 Å². The van der Waals surface area contributed by atoms with E-state index in [1.54, 1.807) is 0 Å². The Morgan fingerprint density at radius 1 is 0.284 bits per heavy atom. The highest BCUT2D eigenvalue weighted by molar-refractivity contribution is 7.47. The SMILES string of the molecule is CC/C=C\C/C=C\C/C=C\C/C=C\CCCCCCC(=O)OCC(COP(=O)(O)OCC(O)COP(=O)(O)OCC(COC(=O)CCCC/C=C\C/C=C\C/C=C\C/C=C\CC)OC(=O)CCCCCCCCCCCCCCCCC)OC(=O)CCCCCCC/C=C\C/C=C\CCCCC. The van der Waals surface area contributed by atoms with E-state index in [9.17, 15) is 43.2 Å². The average molecular weight is 1470 g/mol. The molecule has 5 unspecified atom stereocenters. The van der Waals surface area contributed by atoms with E-state index >= 15 is 0 Å². The van der Waals surface area contributed by atoms with Crippen LogP contribution in [0.25, 0.3) is 0 Å². The second kappa shape index (κ2) is 74.7. The number of ether oxygens (including phenoxy) is 4. The molecule has 102 heavy (non-hydrogen) atoms. The third-order valence-electron chi connectivity index (χ3n) is 16.4. The lowest BCUT2D eigenvalue weighted by Gasteiger charge is -2.21. The number of rotatable bonds is 74. The van der Waals surface area contributed by atoms with Crippen LogP contribution in [0.3, 0.4) is 0 Å². The maximum Gasteiger partial charge on any atom is 0.472 e. The van der Waals surface area contributed by atoms with Gasteiger partial charge in [-0.1, -0.05) is 284 Å². The minimum Gasteiger partial charge on any atom is -0.462 e. The summed E-state index contributed by atoms with van der Waals surface area (Å²) in [5.41, 5.74) is 0. The summed E-state index contributed by atoms with van der Waals surface area (Å²) in [7, 11) is -9.98. The normalized spacial score (nSPS) is 14.5. The molecule has 0 bridgehead atoms. The molecule has 19 heteroatoms. The van der Waals surface area contributed by atoms with Crippen molar-refractivity contribution in [1.29, 1.82) is 0 Å². The summed E-state index contributed by atoms with van der Waals surface area (Å²) >= 11 is 0. The van der Waals surface area contributed by atoms with E-state index in [0.29, 0.717) is 25.7 Å². The minimum atomic E-state index is -4.99. The summed E-state index contributed by atoms with van der Waals surface area (Å²) in [6.07, 6.45) is 81.8. The molecular weight excluding hydrogens is 1330 g/mol. The van der Waals surface area contributed by atoms with Crippen LogP contribution in [0.15, 0.2) is 122 Å². The number of esters is 4. The smallest absolute Gasteiger partial charge is 0.462 e. The predicted molar refractivity (Wildman–Crippen MR) is 418 cm³/mol. The number of phosphoric acid groups is 2. The lowest BCUT2D eigenvalue weighted by atomic mass is 10.0. The summed E-state index contributed by atoms with van der Waals surface area (Å²) in [6.45, 7) is 4.56. The molecule has 17 nitrogen and oxygen atoms in total. The van der Waals surface area contributed by atoms with E-state index in [0.717, 1.165) is 161 Å². The van der Waals surface area contributed by atoms with Gasteiger partial charge in [-0.05, 0) is 135 Å². The van der Waals surface area contributed by atoms with Crippen LogP contribution in [0.1, 0.15) is 323 Å². The molecule has 0 aromatic carbocycles. The average Bonchev–Trinajstić information content (AvgIpc) is 0.923. The van der Waals surface area contributed by atoms with Crippen molar-refractivity contribution in [3.05, 3.63) is 122 Å². The standard InChI is InChI=1S/C83H142O17P2/c1-5-9-13-17-21-25-29-33-37-38-42-44-48-52-56-60-64-68-81(86)94-74-79(100-83(88)70-66-62-58-54-50-46-41-36-32-28-24-20-16-12-8-4)76-98-102(91,92)96-72-77(84)71-95-101(89,90)97-75-78(99-82(87)69-65-61-57-53-49-45-40-35-31-27-23-19-15-11-7-3)73-93-80(85)67-63-59-55-51-47-43-39-34-30-26-22-18-14-10-6-2/h9-10,13-14,21-22,24-26,28,33-34,36-37,39,41-42,44,47,51,77-79,84H,5-8,11-12,15-20,23,27,29-32,35,38,40,43,45-46,48-50,52-76H2,1-4H3,(H,89,90)(H,91,92)/b13-9-,14-10-,25-21-,26-22-,28-24-,37-33-,39-34-,41-36-,44-42-,51-47-. The van der Waals surface area contributed by atoms with Crippen molar-refractivity contribution in [3.8, 4) is 0 Å². The molecule has 0 radical (unpaired) electrons. The number of aliphatic hydroxyl groups excluding tert-OH is 1. The number of carbonyl (C=O) groups is 4. The largest absolute Gasteiger partial charge is 0.472 e. The molecule has 0 aromatic heterocycles. The van der Waals surface area contributed by atoms with Gasteiger partial charge in [-0.2, -0.15) is 0 Å². The summed E-state index contributed by atoms with van der Waals surface area (Å²) in [5, 5.41) is 10.6. The molecular formula is C83H142O17P2. The van der Waals surface area contributed by atoms with Crippen molar-refractivity contribution in [2.24, 2.45) is 0 Å². The van der Waals surface area contributed by atoms with Gasteiger partial charge in [-0.15, -0.1) is 0 Å². The fourth-order valence-corrected chi connectivity index (χ4v) is 12.0. The molecule has 3 N–H and O–H groups in total. The van der Waals surface area contributed by atoms with Crippen molar-refractivity contribution in [1.82, 2.24) is 0 Å². The van der Waals surface area contributed by atoms with E-state index in [1.807, 2.05) is 0 Å². The van der Waals surface area contributed by atoms with E-state index in [1.165, 1.54) is 83.5 Å². The van der Waals surface area contributed by atoms with Crippen LogP contribution in [0.2, 0.25) is 0 Å². The van der Waals surface area contributed by atoms with Crippen molar-refractivity contribution in [3.63, 3.8) is 0 Å². The highest BCUT2D eigenvalue weighted by atomic mass is 31.2. The van der Waals surface area contributed by atoms with Gasteiger partial charge < -0.3 is 33.8 Å². The first-order chi connectivity index (χ1) is 49.7. The molecule has 5 atom stereocenters. The number of hydrogen-bond acceptors (Lipinski definition) is 15. The van der Waals surface area contributed by atoms with Gasteiger partial charge in [0.1, 0.15) is 19.3 Å². The number of allylic oxidation sites excluding steroid dienone is 20. The van der Waals surface area contributed by atoms with Crippen LogP contribution in [-0.4, -0.2) is 96.7 Å². The number of aliphatic hydroxyl groups is 1. The van der Waals surface area contributed by atoms with Gasteiger partial charge >= 0.3 is 39.5 Å². The second-order valence-electron chi connectivity index (χ2n) is 26.2. The Morgan fingerprint density at radius 2 is 0.510 bits per heavy atom. The molecule has 0 aliphatic heterocycles. The molecule has 0 spiro atoms. The minimum absolute atomic E-state index is 0.0707. The maximum absolute atomic E-state index is 13.1. The summed E-state index contributed by atoms with van der Waals surface area (Å²) in [4.78, 5) is 73.0. The quantitative estimate of drug-likeness (QED) is 0.0169. The lowest BCUT2D eigenvalue weighted by Crippen LogP contribution is -2.30. The zero-order valence-electron chi connectivity index (χ0n) is 64.0. The molecule has 0 amide bonds. The van der Waals surface area contributed by atoms with Crippen molar-refractivity contribution in [2.45, 2.75) is 341 Å². The molecule has 0 heterocycles. The lowest BCUT2D eigenvalue weighted by molar-refractivity contribution is -0.161. The molecule has 0 aliphatic carbocycles. The molecule has 0 fully saturated rings. The molecule has 0 aromatic rings. The van der Waals surface area contributed by atoms with Gasteiger partial charge in [-0.3, -0.25) is 37.3 Å². The zero-order chi connectivity index (χ0) is 74.6. The van der Waals surface area contributed by atoms with Crippen LogP contribution in [0, 0.1) is 0 Å². The topological polar surface area (TPSA) is 237 Å². The van der Waals surface area contributed by atoms with Crippen LogP contribution >= 0.6 is 15.6 Å². The molecule has 0 saturated carbocycles. The van der Waals surface area contributed by atoms with Gasteiger partial charge in [0, 0.05) is 25.7 Å². The third kappa shape index (κ3) is 73.8. The Bertz CT molecular complexity index is 2410. The van der Waals surface area contributed by atoms with Gasteiger partial charge in [0.15, 0.2) is 12.2 Å². The Kier molecular flexibility index (Phi) is 71.4. The van der Waals surface area contributed by atoms with E-state index < -0.39 is 97.5 Å². The third-order valence-corrected chi connectivity index (χ3v) is 18.3. The van der Waals surface area contributed by atoms with E-state index in [4.69, 9.17) is 37.0 Å².